The van der Waals surface area contributed by atoms with Gasteiger partial charge in [-0.3, -0.25) is 9.59 Å². The molecular weight excluding hydrogens is 380 g/mol. The lowest BCUT2D eigenvalue weighted by Crippen LogP contribution is -2.38. The van der Waals surface area contributed by atoms with Gasteiger partial charge in [-0.15, -0.1) is 0 Å². The van der Waals surface area contributed by atoms with Gasteiger partial charge in [-0.05, 0) is 43.7 Å². The van der Waals surface area contributed by atoms with Gasteiger partial charge in [-0.25, -0.2) is 9.98 Å². The molecule has 1 aromatic heterocycles. The number of carbonyl (C=O) groups excluding carboxylic acids is 2. The monoisotopic (exact) mass is 410 g/mol. The first-order valence-corrected chi connectivity index (χ1v) is 9.95. The maximum atomic E-state index is 12.1. The highest BCUT2D eigenvalue weighted by Gasteiger charge is 2.07. The summed E-state index contributed by atoms with van der Waals surface area (Å²) >= 11 is 0. The molecule has 0 spiro atoms. The predicted octanol–water partition coefficient (Wildman–Crippen LogP) is 2.18. The fourth-order valence-electron chi connectivity index (χ4n) is 2.64. The SMILES string of the molecule is CCNC(=NCc1ccc(C(=O)N(C)C)cc1)NCCC(=O)Nc1cccc(C)n1. The molecule has 0 bridgehead atoms. The Morgan fingerprint density at radius 2 is 1.80 bits per heavy atom. The number of rotatable bonds is 8. The maximum Gasteiger partial charge on any atom is 0.253 e. The second kappa shape index (κ2) is 11.5. The molecule has 0 atom stereocenters. The van der Waals surface area contributed by atoms with Crippen molar-refractivity contribution in [1.29, 1.82) is 0 Å². The van der Waals surface area contributed by atoms with Crippen LogP contribution in [-0.4, -0.2) is 54.8 Å². The number of amides is 2. The summed E-state index contributed by atoms with van der Waals surface area (Å²) in [7, 11) is 3.46. The lowest BCUT2D eigenvalue weighted by atomic mass is 10.1. The highest BCUT2D eigenvalue weighted by molar-refractivity contribution is 5.94. The average Bonchev–Trinajstić information content (AvgIpc) is 2.71. The van der Waals surface area contributed by atoms with E-state index in [0.29, 0.717) is 43.4 Å². The Bertz CT molecular complexity index is 877. The van der Waals surface area contributed by atoms with Gasteiger partial charge in [-0.2, -0.15) is 0 Å². The summed E-state index contributed by atoms with van der Waals surface area (Å²) < 4.78 is 0. The van der Waals surface area contributed by atoms with Crippen molar-refractivity contribution in [3.63, 3.8) is 0 Å². The van der Waals surface area contributed by atoms with Gasteiger partial charge in [0.2, 0.25) is 5.91 Å². The van der Waals surface area contributed by atoms with Crippen LogP contribution in [0.2, 0.25) is 0 Å². The van der Waals surface area contributed by atoms with Crippen LogP contribution in [0, 0.1) is 6.92 Å². The second-order valence-corrected chi connectivity index (χ2v) is 6.98. The lowest BCUT2D eigenvalue weighted by Gasteiger charge is -2.12. The number of aliphatic imine (C=N–C) groups is 1. The standard InChI is InChI=1S/C22H30N6O2/c1-5-23-22(24-14-13-20(29)27-19-8-6-7-16(2)26-19)25-15-17-9-11-18(12-10-17)21(30)28(3)4/h6-12H,5,13-15H2,1-4H3,(H2,23,24,25)(H,26,27,29). The molecule has 1 aromatic carbocycles. The number of nitrogens with one attached hydrogen (secondary N) is 3. The highest BCUT2D eigenvalue weighted by atomic mass is 16.2. The summed E-state index contributed by atoms with van der Waals surface area (Å²) in [5, 5.41) is 9.11. The van der Waals surface area contributed by atoms with Crippen molar-refractivity contribution in [3.8, 4) is 0 Å². The van der Waals surface area contributed by atoms with E-state index in [-0.39, 0.29) is 11.8 Å². The average molecular weight is 411 g/mol. The van der Waals surface area contributed by atoms with Gasteiger partial charge in [-0.1, -0.05) is 18.2 Å². The smallest absolute Gasteiger partial charge is 0.253 e. The largest absolute Gasteiger partial charge is 0.357 e. The van der Waals surface area contributed by atoms with Crippen molar-refractivity contribution in [2.75, 3.05) is 32.5 Å². The van der Waals surface area contributed by atoms with Crippen LogP contribution in [-0.2, 0) is 11.3 Å². The second-order valence-electron chi connectivity index (χ2n) is 6.98. The Balaban J connectivity index is 1.85. The molecule has 0 saturated carbocycles. The molecule has 0 radical (unpaired) electrons. The molecule has 30 heavy (non-hydrogen) atoms. The first-order valence-electron chi connectivity index (χ1n) is 9.95. The van der Waals surface area contributed by atoms with Gasteiger partial charge in [0.25, 0.3) is 5.91 Å². The first kappa shape index (κ1) is 22.9. The molecule has 0 unspecified atom stereocenters. The van der Waals surface area contributed by atoms with E-state index in [2.05, 4.69) is 25.9 Å². The van der Waals surface area contributed by atoms with Crippen molar-refractivity contribution in [1.82, 2.24) is 20.5 Å². The Morgan fingerprint density at radius 1 is 1.07 bits per heavy atom. The third-order valence-electron chi connectivity index (χ3n) is 4.17. The van der Waals surface area contributed by atoms with Crippen LogP contribution >= 0.6 is 0 Å². The summed E-state index contributed by atoms with van der Waals surface area (Å²) in [5.41, 5.74) is 2.49. The molecule has 1 heterocycles. The van der Waals surface area contributed by atoms with Crippen LogP contribution in [0.5, 0.6) is 0 Å². The molecule has 0 fully saturated rings. The van der Waals surface area contributed by atoms with Crippen molar-refractivity contribution in [3.05, 3.63) is 59.3 Å². The number of hydrogen-bond donors (Lipinski definition) is 3. The Kier molecular flexibility index (Phi) is 8.80. The van der Waals surface area contributed by atoms with Crippen LogP contribution < -0.4 is 16.0 Å². The van der Waals surface area contributed by atoms with Gasteiger partial charge >= 0.3 is 0 Å². The van der Waals surface area contributed by atoms with Crippen molar-refractivity contribution in [2.45, 2.75) is 26.8 Å². The van der Waals surface area contributed by atoms with E-state index in [1.54, 1.807) is 37.2 Å². The molecule has 8 nitrogen and oxygen atoms in total. The zero-order valence-electron chi connectivity index (χ0n) is 18.0. The normalized spacial score (nSPS) is 11.0. The van der Waals surface area contributed by atoms with E-state index in [4.69, 9.17) is 0 Å². The summed E-state index contributed by atoms with van der Waals surface area (Å²) in [6.45, 7) is 5.48. The van der Waals surface area contributed by atoms with E-state index in [1.807, 2.05) is 38.1 Å². The van der Waals surface area contributed by atoms with Crippen LogP contribution in [0.4, 0.5) is 5.82 Å². The van der Waals surface area contributed by atoms with Crippen molar-refractivity contribution < 1.29 is 9.59 Å². The van der Waals surface area contributed by atoms with Gasteiger partial charge in [0.1, 0.15) is 5.82 Å². The minimum atomic E-state index is -0.113. The number of aromatic nitrogens is 1. The predicted molar refractivity (Wildman–Crippen MR) is 119 cm³/mol. The first-order chi connectivity index (χ1) is 14.4. The van der Waals surface area contributed by atoms with E-state index < -0.39 is 0 Å². The number of aryl methyl sites for hydroxylation is 1. The van der Waals surface area contributed by atoms with Crippen LogP contribution in [0.3, 0.4) is 0 Å². The zero-order valence-corrected chi connectivity index (χ0v) is 18.0. The number of carbonyl (C=O) groups is 2. The van der Waals surface area contributed by atoms with E-state index in [9.17, 15) is 9.59 Å². The molecule has 0 aliphatic carbocycles. The molecule has 160 valence electrons. The Morgan fingerprint density at radius 3 is 2.43 bits per heavy atom. The summed E-state index contributed by atoms with van der Waals surface area (Å²) in [6.07, 6.45) is 0.293. The molecule has 0 aliphatic heterocycles. The van der Waals surface area contributed by atoms with Crippen LogP contribution in [0.1, 0.15) is 35.0 Å². The Hall–Kier alpha value is -3.42. The topological polar surface area (TPSA) is 98.7 Å². The van der Waals surface area contributed by atoms with Crippen LogP contribution in [0.25, 0.3) is 0 Å². The van der Waals surface area contributed by atoms with Gasteiger partial charge in [0.05, 0.1) is 6.54 Å². The minimum Gasteiger partial charge on any atom is -0.357 e. The number of nitrogens with zero attached hydrogens (tertiary/aromatic N) is 3. The molecule has 2 rings (SSSR count). The van der Waals surface area contributed by atoms with E-state index >= 15 is 0 Å². The molecule has 2 aromatic rings. The molecule has 3 N–H and O–H groups in total. The Labute approximate surface area is 177 Å². The lowest BCUT2D eigenvalue weighted by molar-refractivity contribution is -0.116. The third kappa shape index (κ3) is 7.54. The van der Waals surface area contributed by atoms with Gasteiger partial charge in [0.15, 0.2) is 5.96 Å². The molecule has 2 amide bonds. The molecular formula is C22H30N6O2. The summed E-state index contributed by atoms with van der Waals surface area (Å²) in [5.74, 6) is 1.04. The van der Waals surface area contributed by atoms with Gasteiger partial charge < -0.3 is 20.9 Å². The molecule has 8 heteroatoms. The quantitative estimate of drug-likeness (QED) is 0.458. The fourth-order valence-corrected chi connectivity index (χ4v) is 2.64. The number of hydrogen-bond acceptors (Lipinski definition) is 4. The van der Waals surface area contributed by atoms with Crippen molar-refractivity contribution in [2.24, 2.45) is 4.99 Å². The number of guanidine groups is 1. The highest BCUT2D eigenvalue weighted by Crippen LogP contribution is 2.08. The maximum absolute atomic E-state index is 12.1. The van der Waals surface area contributed by atoms with E-state index in [1.165, 1.54) is 0 Å². The fraction of sp³-hybridized carbons (Fsp3) is 0.364. The summed E-state index contributed by atoms with van der Waals surface area (Å²) in [4.78, 5) is 34.4. The molecule has 0 aliphatic rings. The molecule has 0 saturated heterocycles. The number of benzene rings is 1. The number of anilines is 1. The third-order valence-corrected chi connectivity index (χ3v) is 4.17. The summed E-state index contributed by atoms with van der Waals surface area (Å²) in [6, 6.07) is 12.9. The zero-order chi connectivity index (χ0) is 21.9. The van der Waals surface area contributed by atoms with Crippen molar-refractivity contribution >= 4 is 23.6 Å². The van der Waals surface area contributed by atoms with Gasteiger partial charge in [0, 0.05) is 44.9 Å². The minimum absolute atomic E-state index is 0.0285. The van der Waals surface area contributed by atoms with E-state index in [0.717, 1.165) is 11.3 Å². The van der Waals surface area contributed by atoms with Crippen LogP contribution in [0.15, 0.2) is 47.5 Å². The number of pyridine rings is 1.